The Morgan fingerprint density at radius 2 is 1.88 bits per heavy atom. The smallest absolute Gasteiger partial charge is 0.255 e. The summed E-state index contributed by atoms with van der Waals surface area (Å²) in [5.74, 6) is -0.459. The van der Waals surface area contributed by atoms with E-state index in [2.05, 4.69) is 20.9 Å². The minimum atomic E-state index is -2.66. The van der Waals surface area contributed by atoms with Crippen molar-refractivity contribution in [3.8, 4) is 11.1 Å². The molecule has 0 aliphatic carbocycles. The largest absolute Gasteiger partial charge is 0.280 e. The Labute approximate surface area is 104 Å². The van der Waals surface area contributed by atoms with Gasteiger partial charge in [-0.3, -0.25) is 4.98 Å². The van der Waals surface area contributed by atoms with Crippen LogP contribution in [0.2, 0.25) is 0 Å². The van der Waals surface area contributed by atoms with Gasteiger partial charge >= 0.3 is 0 Å². The first-order valence-corrected chi connectivity index (χ1v) is 5.57. The van der Waals surface area contributed by atoms with Crippen molar-refractivity contribution in [1.29, 1.82) is 0 Å². The fourth-order valence-corrected chi connectivity index (χ4v) is 1.82. The van der Waals surface area contributed by atoms with Crippen LogP contribution < -0.4 is 0 Å². The Bertz CT molecular complexity index is 543. The zero-order valence-corrected chi connectivity index (χ0v) is 10.1. The van der Waals surface area contributed by atoms with Gasteiger partial charge in [-0.05, 0) is 35.9 Å². The standard InChI is InChI=1S/C12H7BrF3N/c13-8-1-2-10(14)9(6-8)7-3-4-17-11(5-7)12(15)16/h1-6,12H. The maximum Gasteiger partial charge on any atom is 0.280 e. The van der Waals surface area contributed by atoms with Crippen LogP contribution in [0, 0.1) is 5.82 Å². The van der Waals surface area contributed by atoms with E-state index in [4.69, 9.17) is 0 Å². The number of aromatic nitrogens is 1. The van der Waals surface area contributed by atoms with E-state index in [0.717, 1.165) is 0 Å². The molecule has 0 saturated carbocycles. The number of benzene rings is 1. The Hall–Kier alpha value is -1.36. The summed E-state index contributed by atoms with van der Waals surface area (Å²) < 4.78 is 39.2. The highest BCUT2D eigenvalue weighted by molar-refractivity contribution is 9.10. The fourth-order valence-electron chi connectivity index (χ4n) is 1.45. The quantitative estimate of drug-likeness (QED) is 0.791. The Balaban J connectivity index is 2.52. The molecule has 0 amide bonds. The van der Waals surface area contributed by atoms with Crippen molar-refractivity contribution in [2.24, 2.45) is 0 Å². The van der Waals surface area contributed by atoms with E-state index >= 15 is 0 Å². The number of hydrogen-bond donors (Lipinski definition) is 0. The van der Waals surface area contributed by atoms with E-state index in [9.17, 15) is 13.2 Å². The van der Waals surface area contributed by atoms with Gasteiger partial charge < -0.3 is 0 Å². The van der Waals surface area contributed by atoms with Crippen molar-refractivity contribution in [2.75, 3.05) is 0 Å². The summed E-state index contributed by atoms with van der Waals surface area (Å²) in [4.78, 5) is 3.53. The maximum atomic E-state index is 13.6. The lowest BCUT2D eigenvalue weighted by Gasteiger charge is -2.06. The molecule has 0 aliphatic rings. The van der Waals surface area contributed by atoms with Crippen LogP contribution in [-0.2, 0) is 0 Å². The third-order valence-corrected chi connectivity index (χ3v) is 2.74. The van der Waals surface area contributed by atoms with E-state index in [1.807, 2.05) is 0 Å². The lowest BCUT2D eigenvalue weighted by molar-refractivity contribution is 0.146. The van der Waals surface area contributed by atoms with Gasteiger partial charge in [0.05, 0.1) is 0 Å². The normalized spacial score (nSPS) is 10.9. The predicted molar refractivity (Wildman–Crippen MR) is 62.3 cm³/mol. The molecule has 0 N–H and O–H groups in total. The van der Waals surface area contributed by atoms with E-state index in [1.165, 1.54) is 24.4 Å². The second-order valence-corrected chi connectivity index (χ2v) is 4.31. The summed E-state index contributed by atoms with van der Waals surface area (Å²) in [6.07, 6.45) is -1.41. The predicted octanol–water partition coefficient (Wildman–Crippen LogP) is 4.59. The molecule has 5 heteroatoms. The van der Waals surface area contributed by atoms with Crippen molar-refractivity contribution in [1.82, 2.24) is 4.98 Å². The minimum absolute atomic E-state index is 0.267. The van der Waals surface area contributed by atoms with Crippen LogP contribution >= 0.6 is 15.9 Å². The first kappa shape index (κ1) is 12.1. The Kier molecular flexibility index (Phi) is 3.47. The van der Waals surface area contributed by atoms with Crippen molar-refractivity contribution in [2.45, 2.75) is 6.43 Å². The molecule has 2 aromatic rings. The van der Waals surface area contributed by atoms with Crippen LogP contribution in [0.25, 0.3) is 11.1 Å². The number of nitrogens with zero attached hydrogens (tertiary/aromatic N) is 1. The molecular formula is C12H7BrF3N. The molecule has 1 aromatic heterocycles. The van der Waals surface area contributed by atoms with E-state index in [0.29, 0.717) is 10.0 Å². The topological polar surface area (TPSA) is 12.9 Å². The van der Waals surface area contributed by atoms with Crippen LogP contribution in [-0.4, -0.2) is 4.98 Å². The molecule has 0 aliphatic heterocycles. The summed E-state index contributed by atoms with van der Waals surface area (Å²) >= 11 is 3.21. The van der Waals surface area contributed by atoms with Gasteiger partial charge in [0.25, 0.3) is 6.43 Å². The van der Waals surface area contributed by atoms with Gasteiger partial charge in [-0.25, -0.2) is 13.2 Å². The fraction of sp³-hybridized carbons (Fsp3) is 0.0833. The monoisotopic (exact) mass is 301 g/mol. The van der Waals surface area contributed by atoms with Gasteiger partial charge in [0.15, 0.2) is 0 Å². The highest BCUT2D eigenvalue weighted by atomic mass is 79.9. The summed E-state index contributed by atoms with van der Waals surface area (Å²) in [7, 11) is 0. The summed E-state index contributed by atoms with van der Waals surface area (Å²) in [6, 6.07) is 7.06. The molecule has 1 aromatic carbocycles. The SMILES string of the molecule is Fc1ccc(Br)cc1-c1ccnc(C(F)F)c1. The Morgan fingerprint density at radius 3 is 2.59 bits per heavy atom. The van der Waals surface area contributed by atoms with Crippen LogP contribution in [0.1, 0.15) is 12.1 Å². The van der Waals surface area contributed by atoms with Gasteiger partial charge in [0.2, 0.25) is 0 Å². The third kappa shape index (κ3) is 2.66. The number of rotatable bonds is 2. The molecule has 0 spiro atoms. The molecule has 0 fully saturated rings. The number of alkyl halides is 2. The molecule has 88 valence electrons. The van der Waals surface area contributed by atoms with Crippen molar-refractivity contribution >= 4 is 15.9 Å². The molecule has 1 nitrogen and oxygen atoms in total. The van der Waals surface area contributed by atoms with Gasteiger partial charge in [-0.15, -0.1) is 0 Å². The maximum absolute atomic E-state index is 13.6. The summed E-state index contributed by atoms with van der Waals surface area (Å²) in [5, 5.41) is 0. The van der Waals surface area contributed by atoms with Crippen molar-refractivity contribution in [3.63, 3.8) is 0 Å². The van der Waals surface area contributed by atoms with Crippen LogP contribution in [0.4, 0.5) is 13.2 Å². The lowest BCUT2D eigenvalue weighted by atomic mass is 10.1. The lowest BCUT2D eigenvalue weighted by Crippen LogP contribution is -1.91. The van der Waals surface area contributed by atoms with E-state index < -0.39 is 12.2 Å². The minimum Gasteiger partial charge on any atom is -0.255 e. The molecule has 17 heavy (non-hydrogen) atoms. The van der Waals surface area contributed by atoms with Crippen molar-refractivity contribution < 1.29 is 13.2 Å². The first-order valence-electron chi connectivity index (χ1n) is 4.77. The molecular weight excluding hydrogens is 295 g/mol. The van der Waals surface area contributed by atoms with Crippen LogP contribution in [0.3, 0.4) is 0 Å². The van der Waals surface area contributed by atoms with Gasteiger partial charge in [-0.1, -0.05) is 15.9 Å². The average Bonchev–Trinajstić information content (AvgIpc) is 2.32. The Morgan fingerprint density at radius 1 is 1.12 bits per heavy atom. The number of hydrogen-bond acceptors (Lipinski definition) is 1. The number of pyridine rings is 1. The van der Waals surface area contributed by atoms with Gasteiger partial charge in [0.1, 0.15) is 11.5 Å². The van der Waals surface area contributed by atoms with Crippen LogP contribution in [0.5, 0.6) is 0 Å². The molecule has 2 rings (SSSR count). The molecule has 0 radical (unpaired) electrons. The van der Waals surface area contributed by atoms with E-state index in [1.54, 1.807) is 12.1 Å². The highest BCUT2D eigenvalue weighted by Gasteiger charge is 2.12. The number of halogens is 4. The molecule has 0 bridgehead atoms. The first-order chi connectivity index (χ1) is 8.08. The summed E-state index contributed by atoms with van der Waals surface area (Å²) in [5.41, 5.74) is 0.291. The highest BCUT2D eigenvalue weighted by Crippen LogP contribution is 2.28. The van der Waals surface area contributed by atoms with Crippen molar-refractivity contribution in [3.05, 3.63) is 52.5 Å². The molecule has 0 unspecified atom stereocenters. The third-order valence-electron chi connectivity index (χ3n) is 2.24. The van der Waals surface area contributed by atoms with Crippen LogP contribution in [0.15, 0.2) is 41.0 Å². The molecule has 0 saturated heterocycles. The molecule has 0 atom stereocenters. The van der Waals surface area contributed by atoms with Gasteiger partial charge in [0, 0.05) is 16.2 Å². The average molecular weight is 302 g/mol. The van der Waals surface area contributed by atoms with E-state index in [-0.39, 0.29) is 11.3 Å². The second-order valence-electron chi connectivity index (χ2n) is 3.39. The van der Waals surface area contributed by atoms with Gasteiger partial charge in [-0.2, -0.15) is 0 Å². The summed E-state index contributed by atoms with van der Waals surface area (Å²) in [6.45, 7) is 0. The second kappa shape index (κ2) is 4.87. The zero-order chi connectivity index (χ0) is 12.4. The zero-order valence-electron chi connectivity index (χ0n) is 8.50. The molecule has 1 heterocycles.